The fraction of sp³-hybridized carbons (Fsp3) is 0.290. The molecule has 1 fully saturated rings. The molecule has 2 aromatic heterocycles. The minimum atomic E-state index is -0.0593. The summed E-state index contributed by atoms with van der Waals surface area (Å²) in [5, 5.41) is 4.35. The second-order valence-electron chi connectivity index (χ2n) is 9.94. The van der Waals surface area contributed by atoms with Crippen molar-refractivity contribution in [2.24, 2.45) is 0 Å². The van der Waals surface area contributed by atoms with Crippen LogP contribution in [0.1, 0.15) is 63.9 Å². The van der Waals surface area contributed by atoms with Crippen molar-refractivity contribution < 1.29 is 0 Å². The Bertz CT molecular complexity index is 1420. The van der Waals surface area contributed by atoms with E-state index in [2.05, 4.69) is 105 Å². The molecule has 0 aliphatic carbocycles. The standard InChI is InChI=1S/C31H34N4S/c1-7-24-12-10-11-21(4)29(24)34-22(5)18-26(23(34)6)30-28(27-13-8-9-14-32-27)33-31(36)35(30)25-16-19(2)15-20(3)17-25/h8-18,28,30H,7H2,1-6H3,(H,33,36)/t28-,30-/m1/s1. The molecule has 1 aliphatic rings. The van der Waals surface area contributed by atoms with Crippen molar-refractivity contribution in [3.63, 3.8) is 0 Å². The lowest BCUT2D eigenvalue weighted by molar-refractivity contribution is 0.565. The monoisotopic (exact) mass is 494 g/mol. The van der Waals surface area contributed by atoms with Crippen LogP contribution in [0.4, 0.5) is 5.69 Å². The molecule has 0 radical (unpaired) electrons. The lowest BCUT2D eigenvalue weighted by atomic mass is 9.96. The van der Waals surface area contributed by atoms with Crippen molar-refractivity contribution in [2.45, 2.75) is 60.0 Å². The zero-order valence-electron chi connectivity index (χ0n) is 22.0. The van der Waals surface area contributed by atoms with Crippen molar-refractivity contribution in [1.82, 2.24) is 14.9 Å². The van der Waals surface area contributed by atoms with E-state index in [0.29, 0.717) is 0 Å². The highest BCUT2D eigenvalue weighted by Gasteiger charge is 2.42. The number of hydrogen-bond acceptors (Lipinski definition) is 2. The minimum absolute atomic E-state index is 0.0253. The van der Waals surface area contributed by atoms with E-state index in [-0.39, 0.29) is 12.1 Å². The zero-order chi connectivity index (χ0) is 25.6. The molecule has 4 nitrogen and oxygen atoms in total. The molecule has 36 heavy (non-hydrogen) atoms. The first-order valence-corrected chi connectivity index (χ1v) is 13.1. The highest BCUT2D eigenvalue weighted by molar-refractivity contribution is 7.80. The van der Waals surface area contributed by atoms with Crippen molar-refractivity contribution in [3.05, 3.63) is 112 Å². The lowest BCUT2D eigenvalue weighted by Gasteiger charge is -2.29. The molecule has 184 valence electrons. The molecule has 5 rings (SSSR count). The second-order valence-corrected chi connectivity index (χ2v) is 10.3. The Morgan fingerprint density at radius 1 is 0.917 bits per heavy atom. The van der Waals surface area contributed by atoms with Gasteiger partial charge in [-0.3, -0.25) is 4.98 Å². The molecule has 1 saturated heterocycles. The van der Waals surface area contributed by atoms with Gasteiger partial charge >= 0.3 is 0 Å². The van der Waals surface area contributed by atoms with Crippen LogP contribution in [-0.4, -0.2) is 14.7 Å². The van der Waals surface area contributed by atoms with Gasteiger partial charge in [0.1, 0.15) is 0 Å². The molecule has 2 atom stereocenters. The molecule has 0 spiro atoms. The quantitative estimate of drug-likeness (QED) is 0.299. The Labute approximate surface area is 220 Å². The maximum Gasteiger partial charge on any atom is 0.174 e. The summed E-state index contributed by atoms with van der Waals surface area (Å²) in [5.74, 6) is 0. The van der Waals surface area contributed by atoms with Crippen LogP contribution in [0.3, 0.4) is 0 Å². The topological polar surface area (TPSA) is 33.1 Å². The van der Waals surface area contributed by atoms with E-state index >= 15 is 0 Å². The Morgan fingerprint density at radius 2 is 1.67 bits per heavy atom. The van der Waals surface area contributed by atoms with E-state index in [1.54, 1.807) is 0 Å². The number of aryl methyl sites for hydroxylation is 5. The summed E-state index contributed by atoms with van der Waals surface area (Å²) in [4.78, 5) is 7.03. The van der Waals surface area contributed by atoms with E-state index < -0.39 is 0 Å². The Balaban J connectivity index is 1.73. The summed E-state index contributed by atoms with van der Waals surface area (Å²) in [6, 6.07) is 21.6. The molecule has 4 aromatic rings. The van der Waals surface area contributed by atoms with Crippen molar-refractivity contribution >= 4 is 23.0 Å². The van der Waals surface area contributed by atoms with Crippen LogP contribution in [0.2, 0.25) is 0 Å². The number of aromatic nitrogens is 2. The maximum atomic E-state index is 5.98. The van der Waals surface area contributed by atoms with Gasteiger partial charge in [-0.25, -0.2) is 0 Å². The summed E-state index contributed by atoms with van der Waals surface area (Å²) in [6.45, 7) is 13.2. The molecule has 1 aliphatic heterocycles. The fourth-order valence-electron chi connectivity index (χ4n) is 5.79. The molecule has 5 heteroatoms. The third-order valence-electron chi connectivity index (χ3n) is 7.30. The van der Waals surface area contributed by atoms with Gasteiger partial charge in [-0.05, 0) is 111 Å². The van der Waals surface area contributed by atoms with Crippen molar-refractivity contribution in [3.8, 4) is 5.69 Å². The molecule has 0 bridgehead atoms. The third kappa shape index (κ3) is 4.11. The van der Waals surface area contributed by atoms with Gasteiger partial charge in [0.05, 0.1) is 23.5 Å². The number of nitrogens with one attached hydrogen (secondary N) is 1. The van der Waals surface area contributed by atoms with Crippen LogP contribution in [0.25, 0.3) is 5.69 Å². The predicted octanol–water partition coefficient (Wildman–Crippen LogP) is 7.15. The van der Waals surface area contributed by atoms with Gasteiger partial charge in [0, 0.05) is 23.3 Å². The van der Waals surface area contributed by atoms with Crippen LogP contribution in [0, 0.1) is 34.6 Å². The molecular weight excluding hydrogens is 460 g/mol. The molecule has 2 aromatic carbocycles. The highest BCUT2D eigenvalue weighted by atomic mass is 32.1. The highest BCUT2D eigenvalue weighted by Crippen LogP contribution is 2.44. The minimum Gasteiger partial charge on any atom is -0.351 e. The normalized spacial score (nSPS) is 17.5. The third-order valence-corrected chi connectivity index (χ3v) is 7.61. The van der Waals surface area contributed by atoms with E-state index in [9.17, 15) is 0 Å². The van der Waals surface area contributed by atoms with E-state index in [4.69, 9.17) is 17.2 Å². The second kappa shape index (κ2) is 9.55. The van der Waals surface area contributed by atoms with Gasteiger partial charge in [-0.1, -0.05) is 37.3 Å². The van der Waals surface area contributed by atoms with Gasteiger partial charge in [0.2, 0.25) is 0 Å². The Hall–Kier alpha value is -3.44. The number of nitrogens with zero attached hydrogens (tertiary/aromatic N) is 3. The molecular formula is C31H34N4S. The van der Waals surface area contributed by atoms with Crippen LogP contribution in [0.15, 0.2) is 66.9 Å². The molecule has 0 saturated carbocycles. The summed E-state index contributed by atoms with van der Waals surface area (Å²) >= 11 is 5.98. The van der Waals surface area contributed by atoms with Crippen LogP contribution in [0.5, 0.6) is 0 Å². The maximum absolute atomic E-state index is 5.98. The molecule has 0 amide bonds. The number of rotatable bonds is 5. The Kier molecular flexibility index (Phi) is 6.44. The molecule has 3 heterocycles. The number of pyridine rings is 1. The lowest BCUT2D eigenvalue weighted by Crippen LogP contribution is -2.29. The summed E-state index contributed by atoms with van der Waals surface area (Å²) < 4.78 is 2.43. The van der Waals surface area contributed by atoms with E-state index in [0.717, 1.165) is 22.9 Å². The predicted molar refractivity (Wildman–Crippen MR) is 153 cm³/mol. The number of benzene rings is 2. The van der Waals surface area contributed by atoms with Crippen LogP contribution >= 0.6 is 12.2 Å². The van der Waals surface area contributed by atoms with Gasteiger partial charge in [-0.15, -0.1) is 0 Å². The summed E-state index contributed by atoms with van der Waals surface area (Å²) in [6.07, 6.45) is 2.85. The van der Waals surface area contributed by atoms with Gasteiger partial charge in [-0.2, -0.15) is 0 Å². The first-order valence-electron chi connectivity index (χ1n) is 12.7. The first-order chi connectivity index (χ1) is 17.3. The average Bonchev–Trinajstić information content (AvgIpc) is 3.34. The van der Waals surface area contributed by atoms with Crippen molar-refractivity contribution in [2.75, 3.05) is 4.90 Å². The number of thiocarbonyl (C=S) groups is 1. The fourth-order valence-corrected chi connectivity index (χ4v) is 6.14. The average molecular weight is 495 g/mol. The van der Waals surface area contributed by atoms with E-state index in [1.807, 2.05) is 18.3 Å². The zero-order valence-corrected chi connectivity index (χ0v) is 22.8. The van der Waals surface area contributed by atoms with Crippen molar-refractivity contribution in [1.29, 1.82) is 0 Å². The van der Waals surface area contributed by atoms with Crippen LogP contribution in [-0.2, 0) is 6.42 Å². The Morgan fingerprint density at radius 3 is 2.33 bits per heavy atom. The molecule has 0 unspecified atom stereocenters. The smallest absolute Gasteiger partial charge is 0.174 e. The van der Waals surface area contributed by atoms with Gasteiger partial charge < -0.3 is 14.8 Å². The SMILES string of the molecule is CCc1cccc(C)c1-n1c(C)cc([C@@H]2[C@@H](c3ccccn3)NC(=S)N2c2cc(C)cc(C)c2)c1C. The first kappa shape index (κ1) is 24.3. The van der Waals surface area contributed by atoms with E-state index in [1.165, 1.54) is 44.9 Å². The number of para-hydroxylation sites is 1. The van der Waals surface area contributed by atoms with Crippen LogP contribution < -0.4 is 10.2 Å². The van der Waals surface area contributed by atoms with Gasteiger partial charge in [0.25, 0.3) is 0 Å². The van der Waals surface area contributed by atoms with Gasteiger partial charge in [0.15, 0.2) is 5.11 Å². The summed E-state index contributed by atoms with van der Waals surface area (Å²) in [7, 11) is 0. The largest absolute Gasteiger partial charge is 0.351 e. The molecule has 1 N–H and O–H groups in total. The summed E-state index contributed by atoms with van der Waals surface area (Å²) in [5.41, 5.74) is 12.2. The number of hydrogen-bond donors (Lipinski definition) is 1. The number of anilines is 1.